The number of nitrogens with zero attached hydrogens (tertiary/aromatic N) is 3. The Kier molecular flexibility index (Phi) is 2.56. The fraction of sp³-hybridized carbons (Fsp3) is 0.0769. The number of rotatable bonds is 2. The molecule has 3 rings (SSSR count). The summed E-state index contributed by atoms with van der Waals surface area (Å²) in [7, 11) is 1.60. The van der Waals surface area contributed by atoms with Gasteiger partial charge in [0.2, 0.25) is 0 Å². The van der Waals surface area contributed by atoms with Crippen molar-refractivity contribution in [1.29, 1.82) is 0 Å². The summed E-state index contributed by atoms with van der Waals surface area (Å²) in [4.78, 5) is 4.30. The molecule has 0 aliphatic carbocycles. The van der Waals surface area contributed by atoms with Gasteiger partial charge in [0.15, 0.2) is 11.5 Å². The summed E-state index contributed by atoms with van der Waals surface area (Å²) in [5.74, 6) is 0.786. The van der Waals surface area contributed by atoms with Gasteiger partial charge in [0.25, 0.3) is 0 Å². The first-order valence-electron chi connectivity index (χ1n) is 5.63. The monoisotopic (exact) mass is 258 g/mol. The standard InChI is InChI=1S/C13H11FN4O/c1-19-10-4-2-8(3-5-10)12-16-13-11(15)6-9(14)7-18(13)17-12/h2-7H,15H2,1H3. The number of nitrogens with two attached hydrogens (primary N) is 1. The highest BCUT2D eigenvalue weighted by Crippen LogP contribution is 2.22. The van der Waals surface area contributed by atoms with Gasteiger partial charge in [-0.3, -0.25) is 0 Å². The van der Waals surface area contributed by atoms with E-state index in [0.29, 0.717) is 11.5 Å². The summed E-state index contributed by atoms with van der Waals surface area (Å²) in [6, 6.07) is 8.51. The van der Waals surface area contributed by atoms with Gasteiger partial charge in [0.1, 0.15) is 11.6 Å². The zero-order valence-corrected chi connectivity index (χ0v) is 10.2. The molecule has 6 heteroatoms. The van der Waals surface area contributed by atoms with E-state index < -0.39 is 5.82 Å². The number of methoxy groups -OCH3 is 1. The minimum absolute atomic E-state index is 0.257. The lowest BCUT2D eigenvalue weighted by Crippen LogP contribution is -1.95. The molecule has 1 aromatic carbocycles. The molecule has 5 nitrogen and oxygen atoms in total. The molecule has 0 bridgehead atoms. The van der Waals surface area contributed by atoms with Crippen molar-refractivity contribution in [1.82, 2.24) is 14.6 Å². The van der Waals surface area contributed by atoms with Crippen molar-refractivity contribution in [3.63, 3.8) is 0 Å². The molecule has 0 amide bonds. The van der Waals surface area contributed by atoms with E-state index in [-0.39, 0.29) is 5.69 Å². The molecule has 0 unspecified atom stereocenters. The number of fused-ring (bicyclic) bond motifs is 1. The minimum atomic E-state index is -0.448. The van der Waals surface area contributed by atoms with Crippen LogP contribution in [0.4, 0.5) is 10.1 Å². The van der Waals surface area contributed by atoms with Crippen molar-refractivity contribution in [3.8, 4) is 17.1 Å². The number of hydrogen-bond donors (Lipinski definition) is 1. The molecule has 0 saturated carbocycles. The molecule has 0 aliphatic heterocycles. The van der Waals surface area contributed by atoms with E-state index in [1.807, 2.05) is 24.3 Å². The van der Waals surface area contributed by atoms with Gasteiger partial charge in [-0.05, 0) is 24.3 Å². The number of benzene rings is 1. The van der Waals surface area contributed by atoms with Crippen LogP contribution in [0.5, 0.6) is 5.75 Å². The SMILES string of the molecule is COc1ccc(-c2nc3c(N)cc(F)cn3n2)cc1. The molecular weight excluding hydrogens is 247 g/mol. The third kappa shape index (κ3) is 1.97. The Hall–Kier alpha value is -2.63. The van der Waals surface area contributed by atoms with Gasteiger partial charge in [-0.25, -0.2) is 13.9 Å². The molecule has 0 fully saturated rings. The maximum Gasteiger partial charge on any atom is 0.182 e. The lowest BCUT2D eigenvalue weighted by Gasteiger charge is -1.99. The maximum atomic E-state index is 13.2. The normalized spacial score (nSPS) is 10.8. The van der Waals surface area contributed by atoms with Crippen molar-refractivity contribution in [2.45, 2.75) is 0 Å². The van der Waals surface area contributed by atoms with Crippen LogP contribution in [-0.4, -0.2) is 21.7 Å². The smallest absolute Gasteiger partial charge is 0.182 e. The Labute approximate surface area is 108 Å². The summed E-state index contributed by atoms with van der Waals surface area (Å²) >= 11 is 0. The molecule has 2 N–H and O–H groups in total. The van der Waals surface area contributed by atoms with E-state index in [1.165, 1.54) is 16.8 Å². The number of anilines is 1. The molecule has 2 aromatic heterocycles. The van der Waals surface area contributed by atoms with Crippen molar-refractivity contribution in [2.75, 3.05) is 12.8 Å². The average molecular weight is 258 g/mol. The van der Waals surface area contributed by atoms with Crippen molar-refractivity contribution in [3.05, 3.63) is 42.3 Å². The first-order valence-corrected chi connectivity index (χ1v) is 5.63. The van der Waals surface area contributed by atoms with Crippen LogP contribution in [0.2, 0.25) is 0 Å². The van der Waals surface area contributed by atoms with Crippen LogP contribution in [0.25, 0.3) is 17.0 Å². The first kappa shape index (κ1) is 11.5. The fourth-order valence-corrected chi connectivity index (χ4v) is 1.84. The van der Waals surface area contributed by atoms with E-state index in [4.69, 9.17) is 10.5 Å². The Morgan fingerprint density at radius 1 is 1.26 bits per heavy atom. The second-order valence-electron chi connectivity index (χ2n) is 4.05. The van der Waals surface area contributed by atoms with E-state index in [9.17, 15) is 4.39 Å². The van der Waals surface area contributed by atoms with Crippen LogP contribution in [0.3, 0.4) is 0 Å². The van der Waals surface area contributed by atoms with Gasteiger partial charge in [0.05, 0.1) is 19.0 Å². The maximum absolute atomic E-state index is 13.2. The number of aromatic nitrogens is 3. The van der Waals surface area contributed by atoms with Crippen LogP contribution in [0.1, 0.15) is 0 Å². The lowest BCUT2D eigenvalue weighted by atomic mass is 10.2. The van der Waals surface area contributed by atoms with Crippen molar-refractivity contribution < 1.29 is 9.13 Å². The van der Waals surface area contributed by atoms with Crippen molar-refractivity contribution in [2.24, 2.45) is 0 Å². The third-order valence-electron chi connectivity index (χ3n) is 2.78. The summed E-state index contributed by atoms with van der Waals surface area (Å²) in [6.07, 6.45) is 1.24. The van der Waals surface area contributed by atoms with Crippen molar-refractivity contribution >= 4 is 11.3 Å². The largest absolute Gasteiger partial charge is 0.497 e. The number of nitrogen functional groups attached to an aromatic ring is 1. The number of halogens is 1. The molecule has 0 saturated heterocycles. The van der Waals surface area contributed by atoms with Crippen LogP contribution in [0, 0.1) is 5.82 Å². The highest BCUT2D eigenvalue weighted by Gasteiger charge is 2.10. The summed E-state index contributed by atoms with van der Waals surface area (Å²) in [5, 5.41) is 4.20. The highest BCUT2D eigenvalue weighted by atomic mass is 19.1. The number of pyridine rings is 1. The van der Waals surface area contributed by atoms with Gasteiger partial charge >= 0.3 is 0 Å². The second-order valence-corrected chi connectivity index (χ2v) is 4.05. The second kappa shape index (κ2) is 4.24. The number of ether oxygens (including phenoxy) is 1. The Morgan fingerprint density at radius 3 is 2.68 bits per heavy atom. The van der Waals surface area contributed by atoms with Gasteiger partial charge in [-0.2, -0.15) is 0 Å². The summed E-state index contributed by atoms with van der Waals surface area (Å²) in [6.45, 7) is 0. The zero-order chi connectivity index (χ0) is 13.4. The van der Waals surface area contributed by atoms with E-state index in [1.54, 1.807) is 7.11 Å². The molecule has 0 aliphatic rings. The summed E-state index contributed by atoms with van der Waals surface area (Å²) in [5.41, 5.74) is 7.21. The molecule has 96 valence electrons. The van der Waals surface area contributed by atoms with E-state index >= 15 is 0 Å². The van der Waals surface area contributed by atoms with Crippen LogP contribution in [0.15, 0.2) is 36.5 Å². The molecule has 3 aromatic rings. The van der Waals surface area contributed by atoms with Gasteiger partial charge < -0.3 is 10.5 Å². The molecule has 0 radical (unpaired) electrons. The Morgan fingerprint density at radius 2 is 2.00 bits per heavy atom. The lowest BCUT2D eigenvalue weighted by molar-refractivity contribution is 0.415. The molecule has 0 atom stereocenters. The first-order chi connectivity index (χ1) is 9.17. The molecular formula is C13H11FN4O. The quantitative estimate of drug-likeness (QED) is 0.764. The Bertz CT molecular complexity index is 736. The van der Waals surface area contributed by atoms with Gasteiger partial charge in [-0.15, -0.1) is 5.10 Å². The van der Waals surface area contributed by atoms with Crippen LogP contribution >= 0.6 is 0 Å². The molecule has 19 heavy (non-hydrogen) atoms. The van der Waals surface area contributed by atoms with E-state index in [2.05, 4.69) is 10.1 Å². The Balaban J connectivity index is 2.12. The topological polar surface area (TPSA) is 65.4 Å². The summed E-state index contributed by atoms with van der Waals surface area (Å²) < 4.78 is 19.6. The van der Waals surface area contributed by atoms with Gasteiger partial charge in [-0.1, -0.05) is 0 Å². The zero-order valence-electron chi connectivity index (χ0n) is 10.2. The minimum Gasteiger partial charge on any atom is -0.497 e. The third-order valence-corrected chi connectivity index (χ3v) is 2.78. The highest BCUT2D eigenvalue weighted by molar-refractivity contribution is 5.68. The number of hydrogen-bond acceptors (Lipinski definition) is 4. The van der Waals surface area contributed by atoms with E-state index in [0.717, 1.165) is 11.3 Å². The predicted octanol–water partition coefficient (Wildman–Crippen LogP) is 2.13. The molecule has 0 spiro atoms. The predicted molar refractivity (Wildman–Crippen MR) is 69.3 cm³/mol. The van der Waals surface area contributed by atoms with Crippen LogP contribution in [-0.2, 0) is 0 Å². The molecule has 2 heterocycles. The van der Waals surface area contributed by atoms with Crippen LogP contribution < -0.4 is 10.5 Å². The fourth-order valence-electron chi connectivity index (χ4n) is 1.84. The average Bonchev–Trinajstić information content (AvgIpc) is 2.83. The van der Waals surface area contributed by atoms with Gasteiger partial charge in [0, 0.05) is 11.6 Å².